The maximum absolute atomic E-state index is 12.4. The predicted molar refractivity (Wildman–Crippen MR) is 119 cm³/mol. The second-order valence-corrected chi connectivity index (χ2v) is 8.74. The van der Waals surface area contributed by atoms with Crippen molar-refractivity contribution in [3.63, 3.8) is 0 Å². The molecule has 3 N–H and O–H groups in total. The minimum Gasteiger partial charge on any atom is -0.491 e. The number of thiazole rings is 1. The van der Waals surface area contributed by atoms with Gasteiger partial charge in [0.2, 0.25) is 5.91 Å². The first-order chi connectivity index (χ1) is 14.4. The highest BCUT2D eigenvalue weighted by molar-refractivity contribution is 7.13. The molecule has 1 aliphatic heterocycles. The number of piperidine rings is 1. The van der Waals surface area contributed by atoms with E-state index in [1.165, 1.54) is 11.3 Å². The molecule has 2 heterocycles. The number of benzene rings is 1. The van der Waals surface area contributed by atoms with Gasteiger partial charge in [0.25, 0.3) is 5.91 Å². The van der Waals surface area contributed by atoms with Crippen molar-refractivity contribution in [2.24, 2.45) is 11.7 Å². The molecule has 0 spiro atoms. The Hall–Kier alpha value is -2.45. The highest BCUT2D eigenvalue weighted by Gasteiger charge is 2.23. The number of nitrogens with one attached hydrogen (secondary N) is 1. The Kier molecular flexibility index (Phi) is 7.81. The van der Waals surface area contributed by atoms with Crippen molar-refractivity contribution in [3.8, 4) is 16.3 Å². The minimum atomic E-state index is -0.213. The molecule has 2 amide bonds. The Bertz CT molecular complexity index is 850. The van der Waals surface area contributed by atoms with Crippen LogP contribution in [-0.4, -0.2) is 54.0 Å². The Labute approximate surface area is 181 Å². The molecule has 7 nitrogen and oxygen atoms in total. The third kappa shape index (κ3) is 6.27. The standard InChI is InChI=1S/C22H30N4O3S/c1-15(2)29-18-8-6-16(7-9-18)22-25-19(14-30-22)21(28)24-10-4-12-26-11-3-5-17(13-26)20(23)27/h6-9,14-15,17H,3-5,10-13H2,1-2H3,(H2,23,27)(H,24,28). The number of carbonyl (C=O) groups excluding carboxylic acids is 2. The average molecular weight is 431 g/mol. The van der Waals surface area contributed by atoms with Crippen molar-refractivity contribution in [3.05, 3.63) is 35.3 Å². The number of nitrogens with zero attached hydrogens (tertiary/aromatic N) is 2. The summed E-state index contributed by atoms with van der Waals surface area (Å²) < 4.78 is 5.66. The van der Waals surface area contributed by atoms with Crippen molar-refractivity contribution >= 4 is 23.2 Å². The molecule has 1 aromatic carbocycles. The number of ether oxygens (including phenoxy) is 1. The molecule has 162 valence electrons. The first-order valence-electron chi connectivity index (χ1n) is 10.4. The third-order valence-electron chi connectivity index (χ3n) is 5.05. The summed E-state index contributed by atoms with van der Waals surface area (Å²) in [5.41, 5.74) is 6.82. The van der Waals surface area contributed by atoms with Crippen molar-refractivity contribution in [1.82, 2.24) is 15.2 Å². The van der Waals surface area contributed by atoms with Crippen LogP contribution in [0.15, 0.2) is 29.6 Å². The van der Waals surface area contributed by atoms with E-state index in [0.717, 1.165) is 55.2 Å². The van der Waals surface area contributed by atoms with E-state index in [-0.39, 0.29) is 23.8 Å². The van der Waals surface area contributed by atoms with E-state index in [0.29, 0.717) is 12.2 Å². The SMILES string of the molecule is CC(C)Oc1ccc(-c2nc(C(=O)NCCCN3CCCC(C(N)=O)C3)cs2)cc1. The summed E-state index contributed by atoms with van der Waals surface area (Å²) in [4.78, 5) is 30.5. The third-order valence-corrected chi connectivity index (χ3v) is 5.95. The van der Waals surface area contributed by atoms with Crippen molar-refractivity contribution < 1.29 is 14.3 Å². The van der Waals surface area contributed by atoms with Crippen LogP contribution in [-0.2, 0) is 4.79 Å². The number of nitrogens with two attached hydrogens (primary N) is 1. The maximum Gasteiger partial charge on any atom is 0.270 e. The zero-order valence-corrected chi connectivity index (χ0v) is 18.4. The number of carbonyl (C=O) groups is 2. The number of amides is 2. The molecule has 1 fully saturated rings. The fourth-order valence-electron chi connectivity index (χ4n) is 3.54. The van der Waals surface area contributed by atoms with Gasteiger partial charge in [-0.1, -0.05) is 0 Å². The van der Waals surface area contributed by atoms with Gasteiger partial charge in [-0.2, -0.15) is 0 Å². The lowest BCUT2D eigenvalue weighted by molar-refractivity contribution is -0.123. The monoisotopic (exact) mass is 430 g/mol. The van der Waals surface area contributed by atoms with Gasteiger partial charge in [-0.15, -0.1) is 11.3 Å². The fraction of sp³-hybridized carbons (Fsp3) is 0.500. The summed E-state index contributed by atoms with van der Waals surface area (Å²) in [7, 11) is 0. The number of hydrogen-bond donors (Lipinski definition) is 2. The van der Waals surface area contributed by atoms with Crippen molar-refractivity contribution in [2.75, 3.05) is 26.2 Å². The molecular weight excluding hydrogens is 400 g/mol. The summed E-state index contributed by atoms with van der Waals surface area (Å²) in [5.74, 6) is 0.396. The van der Waals surface area contributed by atoms with E-state index in [4.69, 9.17) is 10.5 Å². The van der Waals surface area contributed by atoms with Crippen LogP contribution < -0.4 is 15.8 Å². The second-order valence-electron chi connectivity index (χ2n) is 7.88. The van der Waals surface area contributed by atoms with Crippen LogP contribution in [0.3, 0.4) is 0 Å². The quantitative estimate of drug-likeness (QED) is 0.596. The van der Waals surface area contributed by atoms with Gasteiger partial charge in [0, 0.05) is 24.0 Å². The van der Waals surface area contributed by atoms with E-state index in [9.17, 15) is 9.59 Å². The smallest absolute Gasteiger partial charge is 0.270 e. The largest absolute Gasteiger partial charge is 0.491 e. The van der Waals surface area contributed by atoms with Crippen molar-refractivity contribution in [1.29, 1.82) is 0 Å². The van der Waals surface area contributed by atoms with Gasteiger partial charge in [0.15, 0.2) is 0 Å². The van der Waals surface area contributed by atoms with Crippen molar-refractivity contribution in [2.45, 2.75) is 39.2 Å². The summed E-state index contributed by atoms with van der Waals surface area (Å²) in [6, 6.07) is 7.74. The second kappa shape index (κ2) is 10.5. The molecule has 1 unspecified atom stereocenters. The normalized spacial score (nSPS) is 17.1. The lowest BCUT2D eigenvalue weighted by Gasteiger charge is -2.31. The molecule has 0 saturated carbocycles. The molecule has 0 aliphatic carbocycles. The summed E-state index contributed by atoms with van der Waals surface area (Å²) in [6.45, 7) is 7.10. The number of rotatable bonds is 9. The molecule has 1 saturated heterocycles. The van der Waals surface area contributed by atoms with E-state index >= 15 is 0 Å². The van der Waals surface area contributed by atoms with Crippen LogP contribution >= 0.6 is 11.3 Å². The van der Waals surface area contributed by atoms with Gasteiger partial charge in [-0.25, -0.2) is 4.98 Å². The van der Waals surface area contributed by atoms with Gasteiger partial charge >= 0.3 is 0 Å². The highest BCUT2D eigenvalue weighted by atomic mass is 32.1. The van der Waals surface area contributed by atoms with Gasteiger partial charge in [0.05, 0.1) is 12.0 Å². The Morgan fingerprint density at radius 2 is 2.10 bits per heavy atom. The van der Waals surface area contributed by atoms with Gasteiger partial charge in [-0.3, -0.25) is 9.59 Å². The number of hydrogen-bond acceptors (Lipinski definition) is 6. The first-order valence-corrected chi connectivity index (χ1v) is 11.3. The zero-order chi connectivity index (χ0) is 21.5. The summed E-state index contributed by atoms with van der Waals surface area (Å²) in [6.07, 6.45) is 2.82. The Morgan fingerprint density at radius 1 is 1.33 bits per heavy atom. The molecule has 0 bridgehead atoms. The zero-order valence-electron chi connectivity index (χ0n) is 17.6. The Morgan fingerprint density at radius 3 is 2.80 bits per heavy atom. The molecule has 8 heteroatoms. The number of likely N-dealkylation sites (tertiary alicyclic amines) is 1. The van der Waals surface area contributed by atoms with E-state index in [2.05, 4.69) is 15.2 Å². The molecule has 2 aromatic rings. The van der Waals surface area contributed by atoms with Crippen LogP contribution in [0, 0.1) is 5.92 Å². The van der Waals surface area contributed by atoms with Crippen LogP contribution in [0.1, 0.15) is 43.6 Å². The molecule has 1 atom stereocenters. The van der Waals surface area contributed by atoms with E-state index in [1.54, 1.807) is 5.38 Å². The lowest BCUT2D eigenvalue weighted by Crippen LogP contribution is -2.42. The molecular formula is C22H30N4O3S. The topological polar surface area (TPSA) is 97.6 Å². The molecule has 1 aromatic heterocycles. The van der Waals surface area contributed by atoms with Crippen LogP contribution in [0.4, 0.5) is 0 Å². The molecule has 30 heavy (non-hydrogen) atoms. The first kappa shape index (κ1) is 22.2. The Balaban J connectivity index is 1.44. The van der Waals surface area contributed by atoms with Gasteiger partial charge < -0.3 is 20.7 Å². The van der Waals surface area contributed by atoms with E-state index in [1.807, 2.05) is 38.1 Å². The minimum absolute atomic E-state index is 0.0484. The maximum atomic E-state index is 12.4. The summed E-state index contributed by atoms with van der Waals surface area (Å²) >= 11 is 1.45. The fourth-order valence-corrected chi connectivity index (χ4v) is 4.35. The molecule has 0 radical (unpaired) electrons. The molecule has 1 aliphatic rings. The average Bonchev–Trinajstić information content (AvgIpc) is 3.22. The lowest BCUT2D eigenvalue weighted by atomic mass is 9.97. The predicted octanol–water partition coefficient (Wildman–Crippen LogP) is 2.91. The summed E-state index contributed by atoms with van der Waals surface area (Å²) in [5, 5.41) is 5.53. The highest BCUT2D eigenvalue weighted by Crippen LogP contribution is 2.26. The molecule has 3 rings (SSSR count). The van der Waals surface area contributed by atoms with Crippen LogP contribution in [0.2, 0.25) is 0 Å². The van der Waals surface area contributed by atoms with Gasteiger partial charge in [-0.05, 0) is 70.5 Å². The van der Waals surface area contributed by atoms with Gasteiger partial charge in [0.1, 0.15) is 16.5 Å². The number of aromatic nitrogens is 1. The van der Waals surface area contributed by atoms with E-state index < -0.39 is 0 Å². The van der Waals surface area contributed by atoms with Crippen LogP contribution in [0.25, 0.3) is 10.6 Å². The van der Waals surface area contributed by atoms with Crippen LogP contribution in [0.5, 0.6) is 5.75 Å². The number of primary amides is 1.